The van der Waals surface area contributed by atoms with Crippen LogP contribution in [0.1, 0.15) is 46.0 Å². The molecule has 0 aromatic heterocycles. The highest BCUT2D eigenvalue weighted by Crippen LogP contribution is 2.42. The van der Waals surface area contributed by atoms with Crippen LogP contribution in [0.5, 0.6) is 0 Å². The van der Waals surface area contributed by atoms with E-state index in [0.717, 1.165) is 25.8 Å². The van der Waals surface area contributed by atoms with E-state index in [1.807, 2.05) is 25.9 Å². The van der Waals surface area contributed by atoms with Crippen molar-refractivity contribution in [3.63, 3.8) is 0 Å². The number of hydrogen-bond donors (Lipinski definition) is 1. The quantitative estimate of drug-likeness (QED) is 0.825. The zero-order valence-corrected chi connectivity index (χ0v) is 14.9. The molecule has 1 spiro atoms. The van der Waals surface area contributed by atoms with Crippen molar-refractivity contribution < 1.29 is 14.3 Å². The van der Waals surface area contributed by atoms with Crippen LogP contribution in [0.4, 0.5) is 0 Å². The average Bonchev–Trinajstić information content (AvgIpc) is 2.84. The first-order chi connectivity index (χ1) is 10.9. The number of ether oxygens (including phenoxy) is 1. The summed E-state index contributed by atoms with van der Waals surface area (Å²) in [7, 11) is 3.94. The molecule has 2 amide bonds. The van der Waals surface area contributed by atoms with Crippen molar-refractivity contribution in [2.45, 2.75) is 57.7 Å². The Hall–Kier alpha value is -1.14. The lowest BCUT2D eigenvalue weighted by Crippen LogP contribution is -2.57. The van der Waals surface area contributed by atoms with E-state index in [1.165, 1.54) is 6.42 Å². The fourth-order valence-electron chi connectivity index (χ4n) is 3.77. The summed E-state index contributed by atoms with van der Waals surface area (Å²) in [6.45, 7) is 5.72. The van der Waals surface area contributed by atoms with Crippen LogP contribution in [0.15, 0.2) is 0 Å². The smallest absolute Gasteiger partial charge is 0.245 e. The molecule has 0 bridgehead atoms. The molecule has 1 aliphatic heterocycles. The van der Waals surface area contributed by atoms with Gasteiger partial charge in [0.1, 0.15) is 11.8 Å². The second kappa shape index (κ2) is 7.62. The summed E-state index contributed by atoms with van der Waals surface area (Å²) in [4.78, 5) is 28.9. The number of rotatable bonds is 5. The van der Waals surface area contributed by atoms with Gasteiger partial charge in [0.15, 0.2) is 0 Å². The Labute approximate surface area is 139 Å². The lowest BCUT2D eigenvalue weighted by atomic mass is 9.83. The average molecular weight is 325 g/mol. The standard InChI is InChI=1S/C17H31N3O3/c1-5-15(21)20-14(16(22)18-9-10-19(3)4)12-23-17(20)8-6-7-13(2)11-17/h13-14H,5-12H2,1-4H3,(H,18,22)/t13-,14-,17+/m0/s1. The van der Waals surface area contributed by atoms with Gasteiger partial charge in [-0.15, -0.1) is 0 Å². The molecule has 1 heterocycles. The Morgan fingerprint density at radius 3 is 2.74 bits per heavy atom. The molecule has 3 atom stereocenters. The van der Waals surface area contributed by atoms with Crippen molar-refractivity contribution in [2.75, 3.05) is 33.8 Å². The number of hydrogen-bond acceptors (Lipinski definition) is 4. The predicted octanol–water partition coefficient (Wildman–Crippen LogP) is 1.21. The first-order valence-electron chi connectivity index (χ1n) is 8.78. The SMILES string of the molecule is CCC(=O)N1[C@H](C(=O)NCCN(C)C)CO[C@@]12CCC[C@H](C)C2. The maximum Gasteiger partial charge on any atom is 0.245 e. The van der Waals surface area contributed by atoms with Crippen LogP contribution in [0.2, 0.25) is 0 Å². The summed E-state index contributed by atoms with van der Waals surface area (Å²) in [5.74, 6) is 0.444. The van der Waals surface area contributed by atoms with E-state index in [2.05, 4.69) is 12.2 Å². The lowest BCUT2D eigenvalue weighted by molar-refractivity contribution is -0.162. The fraction of sp³-hybridized carbons (Fsp3) is 0.882. The van der Waals surface area contributed by atoms with E-state index in [0.29, 0.717) is 25.5 Å². The van der Waals surface area contributed by atoms with Crippen LogP contribution >= 0.6 is 0 Å². The molecule has 2 rings (SSSR count). The summed E-state index contributed by atoms with van der Waals surface area (Å²) in [6.07, 6.45) is 4.29. The largest absolute Gasteiger partial charge is 0.353 e. The Morgan fingerprint density at radius 1 is 1.39 bits per heavy atom. The molecule has 1 N–H and O–H groups in total. The molecule has 0 aromatic carbocycles. The Morgan fingerprint density at radius 2 is 2.13 bits per heavy atom. The van der Waals surface area contributed by atoms with Crippen LogP contribution in [0.25, 0.3) is 0 Å². The highest BCUT2D eigenvalue weighted by molar-refractivity contribution is 5.88. The summed E-state index contributed by atoms with van der Waals surface area (Å²) in [6, 6.07) is -0.491. The molecule has 1 aliphatic carbocycles. The molecule has 1 saturated heterocycles. The summed E-state index contributed by atoms with van der Waals surface area (Å²) < 4.78 is 6.08. The maximum atomic E-state index is 12.6. The third-order valence-electron chi connectivity index (χ3n) is 4.92. The number of nitrogens with zero attached hydrogens (tertiary/aromatic N) is 2. The van der Waals surface area contributed by atoms with Gasteiger partial charge in [0.05, 0.1) is 6.61 Å². The third-order valence-corrected chi connectivity index (χ3v) is 4.92. The molecule has 132 valence electrons. The molecule has 2 aliphatic rings. The van der Waals surface area contributed by atoms with E-state index >= 15 is 0 Å². The van der Waals surface area contributed by atoms with E-state index in [1.54, 1.807) is 4.90 Å². The minimum Gasteiger partial charge on any atom is -0.353 e. The van der Waals surface area contributed by atoms with Gasteiger partial charge in [0, 0.05) is 19.5 Å². The number of carbonyl (C=O) groups excluding carboxylic acids is 2. The topological polar surface area (TPSA) is 61.9 Å². The second-order valence-corrected chi connectivity index (χ2v) is 7.19. The Balaban J connectivity index is 2.10. The third kappa shape index (κ3) is 4.04. The molecule has 23 heavy (non-hydrogen) atoms. The van der Waals surface area contributed by atoms with Crippen LogP contribution in [-0.4, -0.2) is 67.2 Å². The van der Waals surface area contributed by atoms with Gasteiger partial charge in [-0.05, 0) is 39.3 Å². The zero-order valence-electron chi connectivity index (χ0n) is 14.9. The normalized spacial score (nSPS) is 30.9. The van der Waals surface area contributed by atoms with E-state index < -0.39 is 11.8 Å². The fourth-order valence-corrected chi connectivity index (χ4v) is 3.77. The summed E-state index contributed by atoms with van der Waals surface area (Å²) in [5.41, 5.74) is -0.561. The zero-order chi connectivity index (χ0) is 17.0. The molecule has 0 radical (unpaired) electrons. The van der Waals surface area contributed by atoms with Crippen molar-refractivity contribution in [3.05, 3.63) is 0 Å². The molecule has 0 aromatic rings. The highest BCUT2D eigenvalue weighted by atomic mass is 16.5. The molecular formula is C17H31N3O3. The molecule has 0 unspecified atom stereocenters. The van der Waals surface area contributed by atoms with Crippen molar-refractivity contribution in [3.8, 4) is 0 Å². The summed E-state index contributed by atoms with van der Waals surface area (Å²) in [5, 5.41) is 2.94. The Kier molecular flexibility index (Phi) is 6.03. The first kappa shape index (κ1) is 18.2. The molecule has 1 saturated carbocycles. The lowest BCUT2D eigenvalue weighted by Gasteiger charge is -2.43. The number of carbonyl (C=O) groups is 2. The van der Waals surface area contributed by atoms with Gasteiger partial charge in [-0.25, -0.2) is 0 Å². The monoisotopic (exact) mass is 325 g/mol. The second-order valence-electron chi connectivity index (χ2n) is 7.19. The van der Waals surface area contributed by atoms with Crippen molar-refractivity contribution >= 4 is 11.8 Å². The van der Waals surface area contributed by atoms with E-state index in [-0.39, 0.29) is 11.8 Å². The van der Waals surface area contributed by atoms with Gasteiger partial charge >= 0.3 is 0 Å². The van der Waals surface area contributed by atoms with Crippen LogP contribution in [-0.2, 0) is 14.3 Å². The van der Waals surface area contributed by atoms with Gasteiger partial charge in [0.25, 0.3) is 0 Å². The molecular weight excluding hydrogens is 294 g/mol. The minimum atomic E-state index is -0.561. The van der Waals surface area contributed by atoms with Gasteiger partial charge in [0.2, 0.25) is 11.8 Å². The van der Waals surface area contributed by atoms with Gasteiger partial charge in [-0.3, -0.25) is 14.5 Å². The molecule has 2 fully saturated rings. The van der Waals surface area contributed by atoms with Crippen LogP contribution in [0, 0.1) is 5.92 Å². The van der Waals surface area contributed by atoms with E-state index in [9.17, 15) is 9.59 Å². The summed E-state index contributed by atoms with van der Waals surface area (Å²) >= 11 is 0. The number of likely N-dealkylation sites (N-methyl/N-ethyl adjacent to an activating group) is 1. The van der Waals surface area contributed by atoms with Gasteiger partial charge < -0.3 is 15.0 Å². The molecule has 6 heteroatoms. The number of nitrogens with one attached hydrogen (secondary N) is 1. The van der Waals surface area contributed by atoms with Crippen LogP contribution < -0.4 is 5.32 Å². The Bertz CT molecular complexity index is 441. The van der Waals surface area contributed by atoms with Crippen LogP contribution in [0.3, 0.4) is 0 Å². The highest BCUT2D eigenvalue weighted by Gasteiger charge is 2.53. The van der Waals surface area contributed by atoms with Gasteiger partial charge in [-0.2, -0.15) is 0 Å². The first-order valence-corrected chi connectivity index (χ1v) is 8.78. The minimum absolute atomic E-state index is 0.0179. The van der Waals surface area contributed by atoms with E-state index in [4.69, 9.17) is 4.74 Å². The maximum absolute atomic E-state index is 12.6. The predicted molar refractivity (Wildman–Crippen MR) is 88.8 cm³/mol. The van der Waals surface area contributed by atoms with Crippen molar-refractivity contribution in [1.29, 1.82) is 0 Å². The van der Waals surface area contributed by atoms with Crippen molar-refractivity contribution in [1.82, 2.24) is 15.1 Å². The van der Waals surface area contributed by atoms with Crippen molar-refractivity contribution in [2.24, 2.45) is 5.92 Å². The molecule has 6 nitrogen and oxygen atoms in total. The van der Waals surface area contributed by atoms with Gasteiger partial charge in [-0.1, -0.05) is 20.3 Å². The number of amides is 2.